The molecule has 2 fully saturated rings. The zero-order chi connectivity index (χ0) is 10.8. The number of nitrogens with one attached hydrogen (secondary N) is 1. The molecule has 0 saturated carbocycles. The summed E-state index contributed by atoms with van der Waals surface area (Å²) in [6.07, 6.45) is 4.52. The third-order valence-electron chi connectivity index (χ3n) is 3.71. The summed E-state index contributed by atoms with van der Waals surface area (Å²) in [5, 5.41) is 3.61. The Bertz CT molecular complexity index is 244. The highest BCUT2D eigenvalue weighted by atomic mass is 16.1. The first kappa shape index (κ1) is 10.9. The van der Waals surface area contributed by atoms with Crippen LogP contribution in [0.25, 0.3) is 0 Å². The average molecular weight is 211 g/mol. The smallest absolute Gasteiger partial charge is 0.234 e. The van der Waals surface area contributed by atoms with Crippen LogP contribution in [0.1, 0.15) is 32.6 Å². The van der Waals surface area contributed by atoms with E-state index < -0.39 is 0 Å². The van der Waals surface area contributed by atoms with Gasteiger partial charge in [0.25, 0.3) is 0 Å². The topological polar surface area (TPSA) is 58.4 Å². The summed E-state index contributed by atoms with van der Waals surface area (Å²) in [5.41, 5.74) is 5.43. The number of primary amides is 1. The highest BCUT2D eigenvalue weighted by molar-refractivity contribution is 5.79. The molecule has 1 amide bonds. The van der Waals surface area contributed by atoms with Crippen molar-refractivity contribution in [3.8, 4) is 0 Å². The summed E-state index contributed by atoms with van der Waals surface area (Å²) in [5.74, 6) is -0.171. The zero-order valence-electron chi connectivity index (χ0n) is 9.41. The minimum absolute atomic E-state index is 0.0638. The molecule has 2 heterocycles. The van der Waals surface area contributed by atoms with Gasteiger partial charge in [-0.1, -0.05) is 6.92 Å². The Morgan fingerprint density at radius 1 is 1.47 bits per heavy atom. The van der Waals surface area contributed by atoms with E-state index in [9.17, 15) is 4.79 Å². The number of rotatable bonds is 3. The van der Waals surface area contributed by atoms with E-state index in [1.165, 1.54) is 12.8 Å². The van der Waals surface area contributed by atoms with Gasteiger partial charge in [-0.25, -0.2) is 0 Å². The van der Waals surface area contributed by atoms with Crippen molar-refractivity contribution in [3.05, 3.63) is 0 Å². The maximum Gasteiger partial charge on any atom is 0.234 e. The van der Waals surface area contributed by atoms with Crippen LogP contribution in [-0.2, 0) is 4.79 Å². The Kier molecular flexibility index (Phi) is 3.26. The quantitative estimate of drug-likeness (QED) is 0.695. The van der Waals surface area contributed by atoms with Gasteiger partial charge in [0.1, 0.15) is 0 Å². The lowest BCUT2D eigenvalue weighted by Gasteiger charge is -2.29. The first-order chi connectivity index (χ1) is 7.20. The molecule has 0 aromatic rings. The number of carbonyl (C=O) groups excluding carboxylic acids is 1. The lowest BCUT2D eigenvalue weighted by molar-refractivity contribution is -0.123. The van der Waals surface area contributed by atoms with Crippen molar-refractivity contribution < 1.29 is 4.79 Å². The van der Waals surface area contributed by atoms with Crippen molar-refractivity contribution >= 4 is 5.91 Å². The second-order valence-corrected chi connectivity index (χ2v) is 4.75. The van der Waals surface area contributed by atoms with Gasteiger partial charge in [0.15, 0.2) is 0 Å². The molecule has 0 aromatic heterocycles. The predicted octanol–water partition coefficient (Wildman–Crippen LogP) is 0.0766. The summed E-state index contributed by atoms with van der Waals surface area (Å²) in [7, 11) is 0. The van der Waals surface area contributed by atoms with Crippen LogP contribution in [0.4, 0.5) is 0 Å². The van der Waals surface area contributed by atoms with Crippen molar-refractivity contribution in [2.24, 2.45) is 5.73 Å². The fraction of sp³-hybridized carbons (Fsp3) is 0.909. The Morgan fingerprint density at radius 2 is 2.20 bits per heavy atom. The first-order valence-electron chi connectivity index (χ1n) is 6.00. The van der Waals surface area contributed by atoms with Crippen LogP contribution in [0.2, 0.25) is 0 Å². The summed E-state index contributed by atoms with van der Waals surface area (Å²) in [6, 6.07) is 1.18. The van der Waals surface area contributed by atoms with Crippen LogP contribution in [0.3, 0.4) is 0 Å². The van der Waals surface area contributed by atoms with Gasteiger partial charge in [-0.3, -0.25) is 9.69 Å². The first-order valence-corrected chi connectivity index (χ1v) is 6.00. The third-order valence-corrected chi connectivity index (χ3v) is 3.71. The van der Waals surface area contributed by atoms with Crippen molar-refractivity contribution in [2.45, 2.75) is 50.7 Å². The SMILES string of the molecule is CCC(C(N)=O)N1CCC2CCC(C1)N2. The van der Waals surface area contributed by atoms with E-state index in [-0.39, 0.29) is 11.9 Å². The number of fused-ring (bicyclic) bond motifs is 2. The third kappa shape index (κ3) is 2.32. The van der Waals surface area contributed by atoms with E-state index in [4.69, 9.17) is 5.73 Å². The van der Waals surface area contributed by atoms with E-state index in [2.05, 4.69) is 10.2 Å². The number of hydrogen-bond acceptors (Lipinski definition) is 3. The number of nitrogens with two attached hydrogens (primary N) is 1. The fourth-order valence-electron chi connectivity index (χ4n) is 2.89. The predicted molar refractivity (Wildman–Crippen MR) is 59.4 cm³/mol. The van der Waals surface area contributed by atoms with Gasteiger partial charge in [-0.2, -0.15) is 0 Å². The lowest BCUT2D eigenvalue weighted by Crippen LogP contribution is -2.47. The molecule has 0 aliphatic carbocycles. The van der Waals surface area contributed by atoms with Crippen LogP contribution in [0.15, 0.2) is 0 Å². The molecule has 2 aliphatic heterocycles. The van der Waals surface area contributed by atoms with Gasteiger partial charge in [0, 0.05) is 25.2 Å². The summed E-state index contributed by atoms with van der Waals surface area (Å²) >= 11 is 0. The van der Waals surface area contributed by atoms with Crippen LogP contribution >= 0.6 is 0 Å². The minimum atomic E-state index is -0.171. The van der Waals surface area contributed by atoms with E-state index in [1.54, 1.807) is 0 Å². The molecule has 15 heavy (non-hydrogen) atoms. The van der Waals surface area contributed by atoms with Crippen LogP contribution in [0.5, 0.6) is 0 Å². The number of carbonyl (C=O) groups is 1. The molecule has 86 valence electrons. The number of amides is 1. The molecule has 2 saturated heterocycles. The zero-order valence-corrected chi connectivity index (χ0v) is 9.41. The van der Waals surface area contributed by atoms with E-state index in [0.29, 0.717) is 12.1 Å². The van der Waals surface area contributed by atoms with Gasteiger partial charge < -0.3 is 11.1 Å². The summed E-state index contributed by atoms with van der Waals surface area (Å²) in [6.45, 7) is 4.03. The molecule has 0 radical (unpaired) electrons. The molecule has 3 N–H and O–H groups in total. The maximum atomic E-state index is 11.3. The molecular formula is C11H21N3O. The normalized spacial score (nSPS) is 33.7. The number of likely N-dealkylation sites (tertiary alicyclic amines) is 1. The number of hydrogen-bond donors (Lipinski definition) is 2. The van der Waals surface area contributed by atoms with E-state index in [1.807, 2.05) is 6.92 Å². The van der Waals surface area contributed by atoms with Crippen LogP contribution in [-0.4, -0.2) is 42.0 Å². The number of nitrogens with zero attached hydrogens (tertiary/aromatic N) is 1. The van der Waals surface area contributed by atoms with Crippen LogP contribution < -0.4 is 11.1 Å². The molecule has 0 aromatic carbocycles. The van der Waals surface area contributed by atoms with Gasteiger partial charge in [0.2, 0.25) is 5.91 Å². The molecule has 3 unspecified atom stereocenters. The van der Waals surface area contributed by atoms with E-state index >= 15 is 0 Å². The van der Waals surface area contributed by atoms with Crippen molar-refractivity contribution in [1.82, 2.24) is 10.2 Å². The van der Waals surface area contributed by atoms with Gasteiger partial charge >= 0.3 is 0 Å². The molecule has 0 spiro atoms. The second kappa shape index (κ2) is 4.49. The highest BCUT2D eigenvalue weighted by Gasteiger charge is 2.33. The summed E-state index contributed by atoms with van der Waals surface area (Å²) in [4.78, 5) is 13.6. The highest BCUT2D eigenvalue weighted by Crippen LogP contribution is 2.22. The fourth-order valence-corrected chi connectivity index (χ4v) is 2.89. The van der Waals surface area contributed by atoms with Gasteiger partial charge in [-0.15, -0.1) is 0 Å². The molecule has 4 heteroatoms. The largest absolute Gasteiger partial charge is 0.368 e. The summed E-state index contributed by atoms with van der Waals surface area (Å²) < 4.78 is 0. The Hall–Kier alpha value is -0.610. The Balaban J connectivity index is 2.00. The molecule has 2 rings (SSSR count). The molecule has 2 aliphatic rings. The maximum absolute atomic E-state index is 11.3. The Labute approximate surface area is 91.2 Å². The minimum Gasteiger partial charge on any atom is -0.368 e. The van der Waals surface area contributed by atoms with Crippen molar-refractivity contribution in [3.63, 3.8) is 0 Å². The van der Waals surface area contributed by atoms with Gasteiger partial charge in [0.05, 0.1) is 6.04 Å². The van der Waals surface area contributed by atoms with Gasteiger partial charge in [-0.05, 0) is 25.7 Å². The monoisotopic (exact) mass is 211 g/mol. The Morgan fingerprint density at radius 3 is 2.87 bits per heavy atom. The standard InChI is InChI=1S/C11H21N3O/c1-2-10(11(12)15)14-6-5-8-3-4-9(7-14)13-8/h8-10,13H,2-7H2,1H3,(H2,12,15). The van der Waals surface area contributed by atoms with Crippen LogP contribution in [0, 0.1) is 0 Å². The van der Waals surface area contributed by atoms with Crippen molar-refractivity contribution in [1.29, 1.82) is 0 Å². The second-order valence-electron chi connectivity index (χ2n) is 4.75. The molecule has 4 nitrogen and oxygen atoms in total. The van der Waals surface area contributed by atoms with E-state index in [0.717, 1.165) is 25.9 Å². The molecular weight excluding hydrogens is 190 g/mol. The average Bonchev–Trinajstić information content (AvgIpc) is 2.50. The molecule has 3 atom stereocenters. The molecule has 2 bridgehead atoms. The lowest BCUT2D eigenvalue weighted by atomic mass is 10.1. The van der Waals surface area contributed by atoms with Crippen molar-refractivity contribution in [2.75, 3.05) is 13.1 Å².